The smallest absolute Gasteiger partial charge is 0.228 e. The topological polar surface area (TPSA) is 29.5 Å². The number of carbonyl (C=O) groups is 1. The molecule has 1 amide bonds. The Bertz CT molecular complexity index is 241. The van der Waals surface area contributed by atoms with Crippen LogP contribution in [0.5, 0.6) is 0 Å². The summed E-state index contributed by atoms with van der Waals surface area (Å²) in [5, 5.41) is 0. The van der Waals surface area contributed by atoms with E-state index in [1.54, 1.807) is 0 Å². The van der Waals surface area contributed by atoms with Crippen LogP contribution in [0.3, 0.4) is 0 Å². The molecule has 2 bridgehead atoms. The number of likely N-dealkylation sites (tertiary alicyclic amines) is 1. The number of amides is 1. The second kappa shape index (κ2) is 2.02. The first kappa shape index (κ1) is 6.89. The Morgan fingerprint density at radius 1 is 1.42 bits per heavy atom. The van der Waals surface area contributed by atoms with Crippen molar-refractivity contribution in [1.29, 1.82) is 0 Å². The molecule has 0 spiro atoms. The molecular weight excluding hydrogens is 154 g/mol. The zero-order valence-electron chi connectivity index (χ0n) is 7.19. The molecule has 3 saturated heterocycles. The van der Waals surface area contributed by atoms with Gasteiger partial charge in [-0.1, -0.05) is 0 Å². The molecule has 0 aliphatic carbocycles. The number of hydrogen-bond donors (Lipinski definition) is 0. The van der Waals surface area contributed by atoms with E-state index in [1.165, 1.54) is 6.42 Å². The second-order valence-electron chi connectivity index (χ2n) is 4.20. The summed E-state index contributed by atoms with van der Waals surface area (Å²) in [6.07, 6.45) is 2.93. The van der Waals surface area contributed by atoms with Crippen LogP contribution in [0.15, 0.2) is 0 Å². The van der Waals surface area contributed by atoms with Gasteiger partial charge in [0.25, 0.3) is 0 Å². The van der Waals surface area contributed by atoms with Crippen LogP contribution in [0.4, 0.5) is 0 Å². The van der Waals surface area contributed by atoms with Crippen molar-refractivity contribution < 1.29 is 9.53 Å². The van der Waals surface area contributed by atoms with Crippen molar-refractivity contribution >= 4 is 5.91 Å². The molecule has 0 aromatic rings. The van der Waals surface area contributed by atoms with E-state index in [1.807, 2.05) is 11.9 Å². The molecule has 3 aliphatic rings. The fourth-order valence-electron chi connectivity index (χ4n) is 3.01. The Kier molecular flexibility index (Phi) is 1.16. The van der Waals surface area contributed by atoms with Crippen LogP contribution in [0.2, 0.25) is 0 Å². The van der Waals surface area contributed by atoms with Gasteiger partial charge in [0.15, 0.2) is 0 Å². The maximum atomic E-state index is 11.6. The Hall–Kier alpha value is -0.570. The van der Waals surface area contributed by atoms with Crippen LogP contribution >= 0.6 is 0 Å². The summed E-state index contributed by atoms with van der Waals surface area (Å²) in [6, 6.07) is 0. The van der Waals surface area contributed by atoms with Crippen molar-refractivity contribution in [2.24, 2.45) is 11.8 Å². The van der Waals surface area contributed by atoms with Gasteiger partial charge in [-0.2, -0.15) is 0 Å². The van der Waals surface area contributed by atoms with Crippen LogP contribution in [0.1, 0.15) is 12.8 Å². The third-order valence-electron chi connectivity index (χ3n) is 3.57. The van der Waals surface area contributed by atoms with E-state index >= 15 is 0 Å². The molecule has 3 aliphatic heterocycles. The van der Waals surface area contributed by atoms with Gasteiger partial charge in [0, 0.05) is 19.5 Å². The number of rotatable bonds is 0. The predicted molar refractivity (Wildman–Crippen MR) is 42.5 cm³/mol. The third-order valence-corrected chi connectivity index (χ3v) is 3.57. The highest BCUT2D eigenvalue weighted by Crippen LogP contribution is 2.47. The molecule has 3 heterocycles. The van der Waals surface area contributed by atoms with Gasteiger partial charge in [-0.05, 0) is 12.8 Å². The molecule has 4 unspecified atom stereocenters. The van der Waals surface area contributed by atoms with Crippen LogP contribution < -0.4 is 0 Å². The van der Waals surface area contributed by atoms with Gasteiger partial charge in [0.2, 0.25) is 5.91 Å². The maximum Gasteiger partial charge on any atom is 0.228 e. The average Bonchev–Trinajstić information content (AvgIpc) is 2.66. The third kappa shape index (κ3) is 0.637. The number of nitrogens with zero attached hydrogens (tertiary/aromatic N) is 1. The lowest BCUT2D eigenvalue weighted by molar-refractivity contribution is -0.131. The van der Waals surface area contributed by atoms with E-state index in [4.69, 9.17) is 4.74 Å². The minimum Gasteiger partial charge on any atom is -0.374 e. The molecule has 0 aromatic carbocycles. The number of fused-ring (bicyclic) bond motifs is 5. The SMILES string of the molecule is CN1CC2C3CCC(O3)C2C1=O. The van der Waals surface area contributed by atoms with Crippen LogP contribution in [-0.4, -0.2) is 36.6 Å². The normalized spacial score (nSPS) is 50.4. The summed E-state index contributed by atoms with van der Waals surface area (Å²) in [7, 11) is 1.90. The Morgan fingerprint density at radius 3 is 2.92 bits per heavy atom. The Labute approximate surface area is 71.7 Å². The van der Waals surface area contributed by atoms with E-state index in [9.17, 15) is 4.79 Å². The number of hydrogen-bond acceptors (Lipinski definition) is 2. The summed E-state index contributed by atoms with van der Waals surface area (Å²) in [6.45, 7) is 0.921. The van der Waals surface area contributed by atoms with Crippen molar-refractivity contribution in [3.8, 4) is 0 Å². The molecule has 0 saturated carbocycles. The molecule has 0 radical (unpaired) electrons. The minimum atomic E-state index is 0.216. The zero-order chi connectivity index (χ0) is 8.29. The fourth-order valence-corrected chi connectivity index (χ4v) is 3.01. The molecule has 3 rings (SSSR count). The van der Waals surface area contributed by atoms with Gasteiger partial charge >= 0.3 is 0 Å². The summed E-state index contributed by atoms with van der Waals surface area (Å²) in [4.78, 5) is 13.5. The van der Waals surface area contributed by atoms with Crippen LogP contribution in [0, 0.1) is 11.8 Å². The van der Waals surface area contributed by atoms with E-state index in [2.05, 4.69) is 0 Å². The maximum absolute atomic E-state index is 11.6. The lowest BCUT2D eigenvalue weighted by Gasteiger charge is -2.16. The Morgan fingerprint density at radius 2 is 2.17 bits per heavy atom. The molecule has 3 nitrogen and oxygen atoms in total. The van der Waals surface area contributed by atoms with E-state index in [0.717, 1.165) is 13.0 Å². The van der Waals surface area contributed by atoms with Gasteiger partial charge in [-0.25, -0.2) is 0 Å². The molecule has 4 atom stereocenters. The molecule has 0 N–H and O–H groups in total. The molecule has 3 heteroatoms. The van der Waals surface area contributed by atoms with Crippen molar-refractivity contribution in [3.63, 3.8) is 0 Å². The largest absolute Gasteiger partial charge is 0.374 e. The molecule has 3 fully saturated rings. The van der Waals surface area contributed by atoms with Crippen molar-refractivity contribution in [3.05, 3.63) is 0 Å². The molecule has 66 valence electrons. The monoisotopic (exact) mass is 167 g/mol. The van der Waals surface area contributed by atoms with Gasteiger partial charge in [0.05, 0.1) is 18.1 Å². The van der Waals surface area contributed by atoms with Crippen molar-refractivity contribution in [2.75, 3.05) is 13.6 Å². The van der Waals surface area contributed by atoms with Crippen LogP contribution in [0.25, 0.3) is 0 Å². The number of ether oxygens (including phenoxy) is 1. The quantitative estimate of drug-likeness (QED) is 0.517. The lowest BCUT2D eigenvalue weighted by Crippen LogP contribution is -2.29. The Balaban J connectivity index is 1.95. The average molecular weight is 167 g/mol. The van der Waals surface area contributed by atoms with Crippen LogP contribution in [-0.2, 0) is 9.53 Å². The standard InChI is InChI=1S/C9H13NO2/c1-10-4-5-6-2-3-7(12-6)8(5)9(10)11/h5-8H,2-4H2,1H3. The second-order valence-corrected chi connectivity index (χ2v) is 4.20. The first-order valence-electron chi connectivity index (χ1n) is 4.68. The van der Waals surface area contributed by atoms with E-state index in [-0.39, 0.29) is 12.0 Å². The fraction of sp³-hybridized carbons (Fsp3) is 0.889. The van der Waals surface area contributed by atoms with Gasteiger partial charge in [-0.3, -0.25) is 4.79 Å². The summed E-state index contributed by atoms with van der Waals surface area (Å²) in [5.74, 6) is 1.04. The lowest BCUT2D eigenvalue weighted by atomic mass is 9.81. The zero-order valence-corrected chi connectivity index (χ0v) is 7.19. The first-order chi connectivity index (χ1) is 5.77. The highest BCUT2D eigenvalue weighted by molar-refractivity contribution is 5.82. The highest BCUT2D eigenvalue weighted by atomic mass is 16.5. The molecule has 0 aromatic heterocycles. The predicted octanol–water partition coefficient (Wildman–Crippen LogP) is 0.252. The molecule has 12 heavy (non-hydrogen) atoms. The first-order valence-corrected chi connectivity index (χ1v) is 4.68. The van der Waals surface area contributed by atoms with Gasteiger partial charge in [0.1, 0.15) is 0 Å². The van der Waals surface area contributed by atoms with E-state index < -0.39 is 0 Å². The molecular formula is C9H13NO2. The van der Waals surface area contributed by atoms with Crippen molar-refractivity contribution in [2.45, 2.75) is 25.0 Å². The summed E-state index contributed by atoms with van der Waals surface area (Å²) < 4.78 is 5.71. The highest BCUT2D eigenvalue weighted by Gasteiger charge is 2.56. The van der Waals surface area contributed by atoms with Gasteiger partial charge in [-0.15, -0.1) is 0 Å². The van der Waals surface area contributed by atoms with Crippen molar-refractivity contribution in [1.82, 2.24) is 4.90 Å². The number of carbonyl (C=O) groups excluding carboxylic acids is 1. The minimum absolute atomic E-state index is 0.216. The summed E-state index contributed by atoms with van der Waals surface area (Å²) in [5.41, 5.74) is 0. The van der Waals surface area contributed by atoms with E-state index in [0.29, 0.717) is 17.9 Å². The van der Waals surface area contributed by atoms with Gasteiger partial charge < -0.3 is 9.64 Å². The summed E-state index contributed by atoms with van der Waals surface area (Å²) >= 11 is 0.